The van der Waals surface area contributed by atoms with Crippen molar-refractivity contribution >= 4 is 53.8 Å². The van der Waals surface area contributed by atoms with Crippen LogP contribution in [0, 0.1) is 5.82 Å². The Kier molecular flexibility index (Phi) is 7.57. The molecule has 4 rings (SSSR count). The summed E-state index contributed by atoms with van der Waals surface area (Å²) in [6.45, 7) is -0.00266. The SMILES string of the molecule is CS(=O)(=O)N(Cc1ccc(F)cc1)c1ccc(C(=O)Nc2ccc(S(=O)(=O)Nc3nccs3)cc2)cc1. The maximum Gasteiger partial charge on any atom is 0.263 e. The fraction of sp³-hybridized carbons (Fsp3) is 0.0833. The molecule has 0 radical (unpaired) electrons. The molecule has 0 aliphatic heterocycles. The van der Waals surface area contributed by atoms with E-state index in [2.05, 4.69) is 15.0 Å². The van der Waals surface area contributed by atoms with Gasteiger partial charge in [-0.3, -0.25) is 13.8 Å². The van der Waals surface area contributed by atoms with Gasteiger partial charge in [0.05, 0.1) is 23.4 Å². The van der Waals surface area contributed by atoms with Crippen LogP contribution in [0.1, 0.15) is 15.9 Å². The van der Waals surface area contributed by atoms with E-state index < -0.39 is 31.8 Å². The average Bonchev–Trinajstić information content (AvgIpc) is 3.36. The number of benzene rings is 3. The van der Waals surface area contributed by atoms with E-state index in [1.54, 1.807) is 5.38 Å². The lowest BCUT2D eigenvalue weighted by Gasteiger charge is -2.22. The fourth-order valence-corrected chi connectivity index (χ4v) is 5.98. The monoisotopic (exact) mass is 560 g/mol. The smallest absolute Gasteiger partial charge is 0.263 e. The third-order valence-corrected chi connectivity index (χ3v) is 8.45. The summed E-state index contributed by atoms with van der Waals surface area (Å²) in [5.41, 5.74) is 1.57. The van der Waals surface area contributed by atoms with E-state index in [-0.39, 0.29) is 22.1 Å². The minimum atomic E-state index is -3.82. The molecule has 3 aromatic carbocycles. The number of aromatic nitrogens is 1. The Balaban J connectivity index is 1.45. The maximum absolute atomic E-state index is 13.2. The highest BCUT2D eigenvalue weighted by molar-refractivity contribution is 7.93. The molecule has 0 saturated heterocycles. The molecule has 1 heterocycles. The maximum atomic E-state index is 13.2. The van der Waals surface area contributed by atoms with Gasteiger partial charge in [-0.05, 0) is 66.2 Å². The van der Waals surface area contributed by atoms with Gasteiger partial charge in [0, 0.05) is 22.8 Å². The zero-order chi connectivity index (χ0) is 26.6. The van der Waals surface area contributed by atoms with Gasteiger partial charge >= 0.3 is 0 Å². The summed E-state index contributed by atoms with van der Waals surface area (Å²) in [5, 5.41) is 4.56. The summed E-state index contributed by atoms with van der Waals surface area (Å²) >= 11 is 1.15. The van der Waals surface area contributed by atoms with E-state index in [9.17, 15) is 26.0 Å². The Hall–Kier alpha value is -3.81. The van der Waals surface area contributed by atoms with Gasteiger partial charge in [0.25, 0.3) is 15.9 Å². The molecule has 37 heavy (non-hydrogen) atoms. The second-order valence-electron chi connectivity index (χ2n) is 7.86. The molecular formula is C24H21FN4O5S3. The molecule has 0 aliphatic rings. The highest BCUT2D eigenvalue weighted by atomic mass is 32.2. The highest BCUT2D eigenvalue weighted by Crippen LogP contribution is 2.23. The molecule has 9 nitrogen and oxygen atoms in total. The molecule has 192 valence electrons. The van der Waals surface area contributed by atoms with Crippen molar-refractivity contribution in [1.29, 1.82) is 0 Å². The Morgan fingerprint density at radius 1 is 0.946 bits per heavy atom. The quantitative estimate of drug-likeness (QED) is 0.314. The van der Waals surface area contributed by atoms with Crippen molar-refractivity contribution in [1.82, 2.24) is 4.98 Å². The highest BCUT2D eigenvalue weighted by Gasteiger charge is 2.19. The molecular weight excluding hydrogens is 539 g/mol. The normalized spacial score (nSPS) is 11.6. The van der Waals surface area contributed by atoms with Crippen LogP contribution < -0.4 is 14.3 Å². The zero-order valence-corrected chi connectivity index (χ0v) is 21.8. The summed E-state index contributed by atoms with van der Waals surface area (Å²) in [6.07, 6.45) is 2.55. The first-order chi connectivity index (χ1) is 17.5. The molecule has 1 amide bonds. The van der Waals surface area contributed by atoms with Crippen molar-refractivity contribution < 1.29 is 26.0 Å². The van der Waals surface area contributed by atoms with Gasteiger partial charge < -0.3 is 5.32 Å². The van der Waals surface area contributed by atoms with E-state index in [1.165, 1.54) is 79.0 Å². The van der Waals surface area contributed by atoms with Gasteiger partial charge in [0.15, 0.2) is 5.13 Å². The lowest BCUT2D eigenvalue weighted by atomic mass is 10.1. The Labute approximate surface area is 217 Å². The molecule has 0 spiro atoms. The number of anilines is 3. The molecule has 2 N–H and O–H groups in total. The Bertz CT molecular complexity index is 1590. The molecule has 0 aliphatic carbocycles. The van der Waals surface area contributed by atoms with Crippen LogP contribution in [0.2, 0.25) is 0 Å². The van der Waals surface area contributed by atoms with Crippen LogP contribution in [0.3, 0.4) is 0 Å². The van der Waals surface area contributed by atoms with Crippen LogP contribution in [-0.4, -0.2) is 34.0 Å². The third kappa shape index (κ3) is 6.70. The Morgan fingerprint density at radius 2 is 1.59 bits per heavy atom. The summed E-state index contributed by atoms with van der Waals surface area (Å²) in [5.74, 6) is -0.888. The number of hydrogen-bond donors (Lipinski definition) is 2. The lowest BCUT2D eigenvalue weighted by Crippen LogP contribution is -2.29. The summed E-state index contributed by atoms with van der Waals surface area (Å²) < 4.78 is 66.4. The van der Waals surface area contributed by atoms with Crippen molar-refractivity contribution in [3.8, 4) is 0 Å². The Morgan fingerprint density at radius 3 is 2.16 bits per heavy atom. The van der Waals surface area contributed by atoms with Crippen LogP contribution >= 0.6 is 11.3 Å². The van der Waals surface area contributed by atoms with E-state index in [0.717, 1.165) is 21.9 Å². The van der Waals surface area contributed by atoms with Crippen molar-refractivity contribution in [2.75, 3.05) is 20.6 Å². The zero-order valence-electron chi connectivity index (χ0n) is 19.3. The molecule has 4 aromatic rings. The van der Waals surface area contributed by atoms with E-state index in [4.69, 9.17) is 0 Å². The number of nitrogens with one attached hydrogen (secondary N) is 2. The minimum Gasteiger partial charge on any atom is -0.322 e. The molecule has 1 aromatic heterocycles. The van der Waals surface area contributed by atoms with Crippen LogP contribution in [0.4, 0.5) is 20.9 Å². The molecule has 13 heteroatoms. The number of amides is 1. The second kappa shape index (κ2) is 10.7. The molecule has 0 fully saturated rings. The van der Waals surface area contributed by atoms with E-state index in [0.29, 0.717) is 16.9 Å². The van der Waals surface area contributed by atoms with Crippen molar-refractivity contribution in [2.45, 2.75) is 11.4 Å². The van der Waals surface area contributed by atoms with Crippen LogP contribution in [0.5, 0.6) is 0 Å². The minimum absolute atomic E-state index is 0.00266. The summed E-state index contributed by atoms with van der Waals surface area (Å²) in [7, 11) is -7.48. The van der Waals surface area contributed by atoms with Crippen molar-refractivity contribution in [3.05, 3.63) is 101 Å². The molecule has 0 saturated carbocycles. The topological polar surface area (TPSA) is 126 Å². The van der Waals surface area contributed by atoms with E-state index >= 15 is 0 Å². The van der Waals surface area contributed by atoms with Crippen LogP contribution in [-0.2, 0) is 26.6 Å². The summed E-state index contributed by atoms with van der Waals surface area (Å²) in [6, 6.07) is 17.1. The number of carbonyl (C=O) groups excluding carboxylic acids is 1. The molecule has 0 bridgehead atoms. The number of thiazole rings is 1. The van der Waals surface area contributed by atoms with Gasteiger partial charge in [0.1, 0.15) is 5.82 Å². The number of carbonyl (C=O) groups is 1. The number of hydrogen-bond acceptors (Lipinski definition) is 7. The van der Waals surface area contributed by atoms with Crippen LogP contribution in [0.15, 0.2) is 89.3 Å². The van der Waals surface area contributed by atoms with Gasteiger partial charge in [-0.2, -0.15) is 0 Å². The second-order valence-corrected chi connectivity index (χ2v) is 12.3. The number of halogens is 1. The predicted octanol–water partition coefficient (Wildman–Crippen LogP) is 4.30. The van der Waals surface area contributed by atoms with Gasteiger partial charge in [-0.25, -0.2) is 26.2 Å². The first kappa shape index (κ1) is 26.3. The van der Waals surface area contributed by atoms with Crippen molar-refractivity contribution in [2.24, 2.45) is 0 Å². The first-order valence-electron chi connectivity index (χ1n) is 10.7. The number of sulfonamides is 2. The predicted molar refractivity (Wildman–Crippen MR) is 141 cm³/mol. The van der Waals surface area contributed by atoms with Gasteiger partial charge in [-0.1, -0.05) is 12.1 Å². The van der Waals surface area contributed by atoms with Crippen LogP contribution in [0.25, 0.3) is 0 Å². The van der Waals surface area contributed by atoms with Gasteiger partial charge in [-0.15, -0.1) is 11.3 Å². The van der Waals surface area contributed by atoms with Gasteiger partial charge in [0.2, 0.25) is 10.0 Å². The molecule has 0 atom stereocenters. The largest absolute Gasteiger partial charge is 0.322 e. The number of nitrogens with zero attached hydrogens (tertiary/aromatic N) is 2. The third-order valence-electron chi connectivity index (χ3n) is 5.13. The number of rotatable bonds is 9. The standard InChI is InChI=1S/C24H21FN4O5S3/c1-36(31,32)29(16-17-2-6-19(25)7-3-17)21-10-4-18(5-11-21)23(30)27-20-8-12-22(13-9-20)37(33,34)28-24-26-14-15-35-24/h2-15H,16H2,1H3,(H,26,28)(H,27,30). The molecule has 0 unspecified atom stereocenters. The van der Waals surface area contributed by atoms with Crippen molar-refractivity contribution in [3.63, 3.8) is 0 Å². The van der Waals surface area contributed by atoms with E-state index in [1.807, 2.05) is 0 Å². The lowest BCUT2D eigenvalue weighted by molar-refractivity contribution is 0.102. The summed E-state index contributed by atoms with van der Waals surface area (Å²) in [4.78, 5) is 16.6. The fourth-order valence-electron chi connectivity index (χ4n) is 3.30. The first-order valence-corrected chi connectivity index (χ1v) is 14.9. The average molecular weight is 561 g/mol.